The summed E-state index contributed by atoms with van der Waals surface area (Å²) in [5.41, 5.74) is 5.73. The first-order valence-electron chi connectivity index (χ1n) is 6.33. The molecule has 2 aromatic rings. The lowest BCUT2D eigenvalue weighted by molar-refractivity contribution is -0.274. The first-order valence-corrected chi connectivity index (χ1v) is 6.33. The summed E-state index contributed by atoms with van der Waals surface area (Å²) in [4.78, 5) is 4.02. The van der Waals surface area contributed by atoms with Gasteiger partial charge in [-0.2, -0.15) is 5.10 Å². The fourth-order valence-corrected chi connectivity index (χ4v) is 1.67. The number of aliphatic imine (C=N–C) groups is 1. The minimum Gasteiger partial charge on any atom is -0.404 e. The molecular weight excluding hydrogens is 299 g/mol. The van der Waals surface area contributed by atoms with Crippen molar-refractivity contribution in [2.75, 3.05) is 11.9 Å². The maximum absolute atomic E-state index is 12.3. The zero-order valence-electron chi connectivity index (χ0n) is 11.4. The number of aromatic nitrogens is 2. The monoisotopic (exact) mass is 313 g/mol. The van der Waals surface area contributed by atoms with E-state index in [4.69, 9.17) is 5.73 Å². The van der Waals surface area contributed by atoms with Gasteiger partial charge in [0.2, 0.25) is 0 Å². The van der Waals surface area contributed by atoms with Gasteiger partial charge in [-0.3, -0.25) is 9.67 Å². The number of hydrogen-bond acceptors (Lipinski definition) is 3. The molecule has 0 unspecified atom stereocenters. The Morgan fingerprint density at radius 3 is 2.77 bits per heavy atom. The molecule has 0 saturated carbocycles. The summed E-state index contributed by atoms with van der Waals surface area (Å²) >= 11 is 0. The number of nitrogens with zero attached hydrogens (tertiary/aromatic N) is 3. The Labute approximate surface area is 124 Å². The second kappa shape index (κ2) is 6.83. The lowest BCUT2D eigenvalue weighted by atomic mass is 10.3. The maximum Gasteiger partial charge on any atom is 0.573 e. The van der Waals surface area contributed by atoms with Gasteiger partial charge in [-0.05, 0) is 18.2 Å². The molecule has 3 N–H and O–H groups in total. The Morgan fingerprint density at radius 2 is 2.09 bits per heavy atom. The third kappa shape index (κ3) is 5.00. The average molecular weight is 313 g/mol. The molecule has 1 aromatic heterocycles. The van der Waals surface area contributed by atoms with Crippen LogP contribution in [0.25, 0.3) is 0 Å². The molecule has 0 spiro atoms. The molecule has 0 bridgehead atoms. The smallest absolute Gasteiger partial charge is 0.404 e. The van der Waals surface area contributed by atoms with E-state index in [9.17, 15) is 13.2 Å². The Balaban J connectivity index is 1.97. The first kappa shape index (κ1) is 15.7. The number of anilines is 1. The SMILES string of the molecule is NC(=NCCn1cccn1)Nc1ccccc1OC(F)(F)F. The molecule has 2 rings (SSSR count). The third-order valence-corrected chi connectivity index (χ3v) is 2.55. The summed E-state index contributed by atoms with van der Waals surface area (Å²) < 4.78 is 42.5. The van der Waals surface area contributed by atoms with Crippen LogP contribution >= 0.6 is 0 Å². The largest absolute Gasteiger partial charge is 0.573 e. The van der Waals surface area contributed by atoms with Crippen molar-refractivity contribution >= 4 is 11.6 Å². The lowest BCUT2D eigenvalue weighted by Crippen LogP contribution is -2.25. The summed E-state index contributed by atoms with van der Waals surface area (Å²) in [6.07, 6.45) is -1.37. The molecule has 0 atom stereocenters. The number of nitrogens with one attached hydrogen (secondary N) is 1. The van der Waals surface area contributed by atoms with Crippen molar-refractivity contribution < 1.29 is 17.9 Å². The molecule has 0 radical (unpaired) electrons. The fraction of sp³-hybridized carbons (Fsp3) is 0.231. The number of hydrogen-bond donors (Lipinski definition) is 2. The van der Waals surface area contributed by atoms with E-state index in [1.807, 2.05) is 0 Å². The Morgan fingerprint density at radius 1 is 1.32 bits per heavy atom. The van der Waals surface area contributed by atoms with Gasteiger partial charge in [0.1, 0.15) is 0 Å². The van der Waals surface area contributed by atoms with Crippen molar-refractivity contribution in [1.29, 1.82) is 0 Å². The average Bonchev–Trinajstić information content (AvgIpc) is 2.92. The van der Waals surface area contributed by atoms with Crippen molar-refractivity contribution in [2.45, 2.75) is 12.9 Å². The molecule has 22 heavy (non-hydrogen) atoms. The molecule has 6 nitrogen and oxygen atoms in total. The third-order valence-electron chi connectivity index (χ3n) is 2.55. The molecule has 9 heteroatoms. The molecule has 1 heterocycles. The fourth-order valence-electron chi connectivity index (χ4n) is 1.67. The van der Waals surface area contributed by atoms with E-state index in [2.05, 4.69) is 20.1 Å². The van der Waals surface area contributed by atoms with Crippen LogP contribution in [0.1, 0.15) is 0 Å². The highest BCUT2D eigenvalue weighted by Crippen LogP contribution is 2.29. The zero-order valence-corrected chi connectivity index (χ0v) is 11.4. The van der Waals surface area contributed by atoms with Crippen LogP contribution in [-0.4, -0.2) is 28.6 Å². The zero-order chi connectivity index (χ0) is 16.0. The van der Waals surface area contributed by atoms with Crippen LogP contribution in [0.2, 0.25) is 0 Å². The first-order chi connectivity index (χ1) is 10.4. The predicted octanol–water partition coefficient (Wildman–Crippen LogP) is 2.21. The van der Waals surface area contributed by atoms with Crippen LogP contribution in [0.5, 0.6) is 5.75 Å². The number of benzene rings is 1. The Bertz CT molecular complexity index is 625. The van der Waals surface area contributed by atoms with Gasteiger partial charge in [0.05, 0.1) is 18.8 Å². The van der Waals surface area contributed by atoms with Crippen LogP contribution in [0.15, 0.2) is 47.7 Å². The Hall–Kier alpha value is -2.71. The van der Waals surface area contributed by atoms with Crippen molar-refractivity contribution in [3.05, 3.63) is 42.7 Å². The molecular formula is C13H14F3N5O. The van der Waals surface area contributed by atoms with Crippen molar-refractivity contribution in [2.24, 2.45) is 10.7 Å². The molecule has 0 fully saturated rings. The van der Waals surface area contributed by atoms with Crippen LogP contribution in [0.3, 0.4) is 0 Å². The van der Waals surface area contributed by atoms with E-state index in [-0.39, 0.29) is 17.4 Å². The van der Waals surface area contributed by atoms with Crippen molar-refractivity contribution in [1.82, 2.24) is 9.78 Å². The molecule has 0 amide bonds. The number of ether oxygens (including phenoxy) is 1. The van der Waals surface area contributed by atoms with Gasteiger partial charge >= 0.3 is 6.36 Å². The van der Waals surface area contributed by atoms with Gasteiger partial charge in [0.25, 0.3) is 0 Å². The number of nitrogens with two attached hydrogens (primary N) is 1. The number of rotatable bonds is 5. The van der Waals surface area contributed by atoms with E-state index in [1.54, 1.807) is 29.2 Å². The van der Waals surface area contributed by atoms with Crippen LogP contribution in [-0.2, 0) is 6.54 Å². The predicted molar refractivity (Wildman–Crippen MR) is 75.5 cm³/mol. The van der Waals surface area contributed by atoms with E-state index in [1.165, 1.54) is 18.2 Å². The molecule has 0 aliphatic carbocycles. The molecule has 1 aromatic carbocycles. The lowest BCUT2D eigenvalue weighted by Gasteiger charge is -2.14. The maximum atomic E-state index is 12.3. The second-order valence-corrected chi connectivity index (χ2v) is 4.21. The topological polar surface area (TPSA) is 77.5 Å². The van der Waals surface area contributed by atoms with Crippen LogP contribution < -0.4 is 15.8 Å². The second-order valence-electron chi connectivity index (χ2n) is 4.21. The summed E-state index contributed by atoms with van der Waals surface area (Å²) in [5.74, 6) is -0.384. The van der Waals surface area contributed by atoms with Gasteiger partial charge in [0, 0.05) is 12.4 Å². The Kier molecular flexibility index (Phi) is 4.87. The van der Waals surface area contributed by atoms with Crippen LogP contribution in [0, 0.1) is 0 Å². The minimum absolute atomic E-state index is 0.00891. The van der Waals surface area contributed by atoms with Crippen LogP contribution in [0.4, 0.5) is 18.9 Å². The highest BCUT2D eigenvalue weighted by Gasteiger charge is 2.32. The van der Waals surface area contributed by atoms with Crippen molar-refractivity contribution in [3.63, 3.8) is 0 Å². The van der Waals surface area contributed by atoms with E-state index >= 15 is 0 Å². The highest BCUT2D eigenvalue weighted by molar-refractivity contribution is 5.93. The molecule has 118 valence electrons. The number of guanidine groups is 1. The number of halogens is 3. The number of alkyl halides is 3. The molecule has 0 saturated heterocycles. The summed E-state index contributed by atoms with van der Waals surface area (Å²) in [5, 5.41) is 6.58. The quantitative estimate of drug-likeness (QED) is 0.655. The van der Waals surface area contributed by atoms with Gasteiger partial charge in [0.15, 0.2) is 11.7 Å². The van der Waals surface area contributed by atoms with Gasteiger partial charge in [-0.25, -0.2) is 0 Å². The van der Waals surface area contributed by atoms with Gasteiger partial charge in [-0.15, -0.1) is 13.2 Å². The van der Waals surface area contributed by atoms with Gasteiger partial charge in [-0.1, -0.05) is 12.1 Å². The standard InChI is InChI=1S/C13H14F3N5O/c14-13(15,16)22-11-5-2-1-4-10(11)20-12(17)18-7-9-21-8-3-6-19-21/h1-6,8H,7,9H2,(H3,17,18,20). The summed E-state index contributed by atoms with van der Waals surface area (Å²) in [6, 6.07) is 7.36. The van der Waals surface area contributed by atoms with Gasteiger partial charge < -0.3 is 15.8 Å². The summed E-state index contributed by atoms with van der Waals surface area (Å²) in [6.45, 7) is 0.846. The summed E-state index contributed by atoms with van der Waals surface area (Å²) in [7, 11) is 0. The van der Waals surface area contributed by atoms with Crippen molar-refractivity contribution in [3.8, 4) is 5.75 Å². The number of para-hydroxylation sites is 2. The van der Waals surface area contributed by atoms with E-state index < -0.39 is 6.36 Å². The van der Waals surface area contributed by atoms with E-state index in [0.717, 1.165) is 0 Å². The van der Waals surface area contributed by atoms with E-state index in [0.29, 0.717) is 13.1 Å². The molecule has 0 aliphatic heterocycles. The minimum atomic E-state index is -4.77. The normalized spacial score (nSPS) is 12.2. The molecule has 0 aliphatic rings. The highest BCUT2D eigenvalue weighted by atomic mass is 19.4.